The molecule has 3 heteroatoms. The smallest absolute Gasteiger partial charge is 0.0957 e. The van der Waals surface area contributed by atoms with Crippen molar-refractivity contribution in [2.75, 3.05) is 20.1 Å². The van der Waals surface area contributed by atoms with Crippen LogP contribution in [-0.2, 0) is 0 Å². The molecule has 0 aliphatic heterocycles. The molecule has 0 radical (unpaired) electrons. The standard InChI is InChI=1S/C11H15N3/c1-4-10(6-12)8-14(3)9-11(5-2)7-13/h4-5H,8-9H2,1-3H3. The third kappa shape index (κ3) is 4.45. The van der Waals surface area contributed by atoms with Crippen molar-refractivity contribution in [1.82, 2.24) is 4.90 Å². The van der Waals surface area contributed by atoms with E-state index in [-0.39, 0.29) is 0 Å². The normalized spacial score (nSPS) is 12.4. The van der Waals surface area contributed by atoms with Crippen LogP contribution in [0.25, 0.3) is 0 Å². The summed E-state index contributed by atoms with van der Waals surface area (Å²) in [5.41, 5.74) is 1.45. The number of nitrogens with zero attached hydrogens (tertiary/aromatic N) is 3. The Morgan fingerprint density at radius 1 is 1.07 bits per heavy atom. The average molecular weight is 189 g/mol. The first kappa shape index (κ1) is 12.4. The summed E-state index contributed by atoms with van der Waals surface area (Å²) < 4.78 is 0. The van der Waals surface area contributed by atoms with Gasteiger partial charge < -0.3 is 0 Å². The molecular formula is C11H15N3. The fraction of sp³-hybridized carbons (Fsp3) is 0.455. The summed E-state index contributed by atoms with van der Waals surface area (Å²) in [6.45, 7) is 4.86. The van der Waals surface area contributed by atoms with Crippen LogP contribution in [0.15, 0.2) is 23.3 Å². The summed E-state index contributed by atoms with van der Waals surface area (Å²) in [6.07, 6.45) is 3.58. The Bertz CT molecular complexity index is 280. The van der Waals surface area contributed by atoms with Crippen molar-refractivity contribution in [3.63, 3.8) is 0 Å². The van der Waals surface area contributed by atoms with Crippen LogP contribution in [0.5, 0.6) is 0 Å². The maximum atomic E-state index is 8.70. The number of nitriles is 2. The minimum Gasteiger partial charge on any atom is -0.296 e. The lowest BCUT2D eigenvalue weighted by atomic mass is 10.2. The molecule has 0 bridgehead atoms. The fourth-order valence-corrected chi connectivity index (χ4v) is 1.02. The number of allylic oxidation sites excluding steroid dienone is 2. The molecule has 0 saturated heterocycles. The molecule has 0 aliphatic rings. The summed E-state index contributed by atoms with van der Waals surface area (Å²) in [6, 6.07) is 4.22. The molecule has 3 nitrogen and oxygen atoms in total. The molecular weight excluding hydrogens is 174 g/mol. The topological polar surface area (TPSA) is 50.8 Å². The molecule has 0 amide bonds. The molecule has 0 unspecified atom stereocenters. The van der Waals surface area contributed by atoms with Crippen molar-refractivity contribution in [2.45, 2.75) is 13.8 Å². The second-order valence-electron chi connectivity index (χ2n) is 3.02. The van der Waals surface area contributed by atoms with Gasteiger partial charge in [0.15, 0.2) is 0 Å². The third-order valence-corrected chi connectivity index (χ3v) is 1.86. The quantitative estimate of drug-likeness (QED) is 0.634. The summed E-state index contributed by atoms with van der Waals surface area (Å²) in [4.78, 5) is 1.94. The van der Waals surface area contributed by atoms with E-state index in [9.17, 15) is 0 Å². The van der Waals surface area contributed by atoms with E-state index >= 15 is 0 Å². The molecule has 74 valence electrons. The first-order valence-corrected chi connectivity index (χ1v) is 4.47. The highest BCUT2D eigenvalue weighted by atomic mass is 15.1. The predicted molar refractivity (Wildman–Crippen MR) is 56.2 cm³/mol. The zero-order valence-corrected chi connectivity index (χ0v) is 8.91. The van der Waals surface area contributed by atoms with Gasteiger partial charge in [0.25, 0.3) is 0 Å². The highest BCUT2D eigenvalue weighted by Crippen LogP contribution is 2.00. The molecule has 0 fully saturated rings. The lowest BCUT2D eigenvalue weighted by Gasteiger charge is -2.14. The van der Waals surface area contributed by atoms with Gasteiger partial charge in [0.1, 0.15) is 0 Å². The Labute approximate surface area is 85.6 Å². The van der Waals surface area contributed by atoms with Crippen molar-refractivity contribution >= 4 is 0 Å². The van der Waals surface area contributed by atoms with E-state index in [1.54, 1.807) is 12.2 Å². The zero-order chi connectivity index (χ0) is 11.0. The maximum Gasteiger partial charge on any atom is 0.0957 e. The van der Waals surface area contributed by atoms with Gasteiger partial charge in [0.05, 0.1) is 12.1 Å². The maximum absolute atomic E-state index is 8.70. The van der Waals surface area contributed by atoms with Crippen molar-refractivity contribution in [3.05, 3.63) is 23.3 Å². The molecule has 0 aliphatic carbocycles. The number of hydrogen-bond acceptors (Lipinski definition) is 3. The molecule has 0 saturated carbocycles. The van der Waals surface area contributed by atoms with Crippen LogP contribution in [-0.4, -0.2) is 25.0 Å². The van der Waals surface area contributed by atoms with Crippen LogP contribution >= 0.6 is 0 Å². The number of likely N-dealkylation sites (N-methyl/N-ethyl adjacent to an activating group) is 1. The van der Waals surface area contributed by atoms with E-state index in [0.29, 0.717) is 13.1 Å². The Morgan fingerprint density at radius 3 is 1.64 bits per heavy atom. The molecule has 0 aromatic carbocycles. The zero-order valence-electron chi connectivity index (χ0n) is 8.91. The van der Waals surface area contributed by atoms with Crippen LogP contribution in [0.4, 0.5) is 0 Å². The number of rotatable bonds is 4. The first-order chi connectivity index (χ1) is 6.67. The van der Waals surface area contributed by atoms with Gasteiger partial charge in [-0.3, -0.25) is 4.90 Å². The third-order valence-electron chi connectivity index (χ3n) is 1.86. The lowest BCUT2D eigenvalue weighted by Crippen LogP contribution is -2.23. The highest BCUT2D eigenvalue weighted by Gasteiger charge is 2.03. The van der Waals surface area contributed by atoms with Crippen LogP contribution in [0.3, 0.4) is 0 Å². The number of hydrogen-bond donors (Lipinski definition) is 0. The first-order valence-electron chi connectivity index (χ1n) is 4.47. The fourth-order valence-electron chi connectivity index (χ4n) is 1.02. The van der Waals surface area contributed by atoms with Crippen molar-refractivity contribution in [1.29, 1.82) is 10.5 Å². The second kappa shape index (κ2) is 6.88. The van der Waals surface area contributed by atoms with Gasteiger partial charge in [0, 0.05) is 24.2 Å². The molecule has 0 N–H and O–H groups in total. The molecule has 0 rings (SSSR count). The van der Waals surface area contributed by atoms with Crippen molar-refractivity contribution < 1.29 is 0 Å². The van der Waals surface area contributed by atoms with E-state index in [1.165, 1.54) is 0 Å². The minimum absolute atomic E-state index is 0.589. The Balaban J connectivity index is 4.20. The van der Waals surface area contributed by atoms with E-state index < -0.39 is 0 Å². The molecule has 14 heavy (non-hydrogen) atoms. The Hall–Kier alpha value is -1.58. The van der Waals surface area contributed by atoms with E-state index in [4.69, 9.17) is 10.5 Å². The summed E-state index contributed by atoms with van der Waals surface area (Å²) in [5, 5.41) is 17.4. The van der Waals surface area contributed by atoms with Gasteiger partial charge in [-0.2, -0.15) is 10.5 Å². The van der Waals surface area contributed by atoms with Gasteiger partial charge in [-0.05, 0) is 20.9 Å². The molecule has 0 spiro atoms. The van der Waals surface area contributed by atoms with Gasteiger partial charge in [-0.15, -0.1) is 0 Å². The van der Waals surface area contributed by atoms with Crippen LogP contribution in [0.2, 0.25) is 0 Å². The van der Waals surface area contributed by atoms with Crippen molar-refractivity contribution in [2.24, 2.45) is 0 Å². The van der Waals surface area contributed by atoms with Gasteiger partial charge >= 0.3 is 0 Å². The molecule has 0 aromatic heterocycles. The van der Waals surface area contributed by atoms with Crippen LogP contribution in [0, 0.1) is 22.7 Å². The SMILES string of the molecule is CC=C(C#N)CN(C)CC(C#N)=CC. The van der Waals surface area contributed by atoms with Gasteiger partial charge in [-0.25, -0.2) is 0 Å². The predicted octanol–water partition coefficient (Wildman–Crippen LogP) is 1.86. The Kier molecular flexibility index (Phi) is 6.11. The molecule has 0 heterocycles. The van der Waals surface area contributed by atoms with E-state index in [1.807, 2.05) is 25.8 Å². The summed E-state index contributed by atoms with van der Waals surface area (Å²) >= 11 is 0. The second-order valence-corrected chi connectivity index (χ2v) is 3.02. The van der Waals surface area contributed by atoms with Gasteiger partial charge in [0.2, 0.25) is 0 Å². The average Bonchev–Trinajstić information content (AvgIpc) is 2.22. The Morgan fingerprint density at radius 2 is 1.43 bits per heavy atom. The van der Waals surface area contributed by atoms with Crippen LogP contribution in [0.1, 0.15) is 13.8 Å². The summed E-state index contributed by atoms with van der Waals surface area (Å²) in [7, 11) is 1.89. The summed E-state index contributed by atoms with van der Waals surface area (Å²) in [5.74, 6) is 0. The van der Waals surface area contributed by atoms with E-state index in [0.717, 1.165) is 11.1 Å². The lowest BCUT2D eigenvalue weighted by molar-refractivity contribution is 0.400. The monoisotopic (exact) mass is 189 g/mol. The highest BCUT2D eigenvalue weighted by molar-refractivity contribution is 5.24. The largest absolute Gasteiger partial charge is 0.296 e. The molecule has 0 aromatic rings. The molecule has 0 atom stereocenters. The van der Waals surface area contributed by atoms with Crippen molar-refractivity contribution in [3.8, 4) is 12.1 Å². The minimum atomic E-state index is 0.589. The van der Waals surface area contributed by atoms with Gasteiger partial charge in [-0.1, -0.05) is 12.2 Å². The van der Waals surface area contributed by atoms with Crippen LogP contribution < -0.4 is 0 Å². The van der Waals surface area contributed by atoms with E-state index in [2.05, 4.69) is 12.1 Å².